The van der Waals surface area contributed by atoms with Gasteiger partial charge in [-0.15, -0.1) is 0 Å². The molecule has 0 fully saturated rings. The van der Waals surface area contributed by atoms with Crippen molar-refractivity contribution in [3.63, 3.8) is 0 Å². The van der Waals surface area contributed by atoms with Gasteiger partial charge in [-0.1, -0.05) is 6.08 Å². The lowest BCUT2D eigenvalue weighted by atomic mass is 10.3. The van der Waals surface area contributed by atoms with Crippen molar-refractivity contribution in [1.29, 1.82) is 0 Å². The zero-order valence-electron chi connectivity index (χ0n) is 5.37. The highest BCUT2D eigenvalue weighted by atomic mass is 16.7. The highest BCUT2D eigenvalue weighted by Gasteiger charge is 1.98. The predicted octanol–water partition coefficient (Wildman–Crippen LogP) is 0.220. The van der Waals surface area contributed by atoms with Gasteiger partial charge in [0.1, 0.15) is 0 Å². The lowest BCUT2D eigenvalue weighted by molar-refractivity contribution is -0.0798. The third kappa shape index (κ3) is 1.47. The van der Waals surface area contributed by atoms with E-state index in [9.17, 15) is 0 Å². The van der Waals surface area contributed by atoms with Crippen LogP contribution in [0.5, 0.6) is 0 Å². The molecule has 1 rings (SSSR count). The maximum absolute atomic E-state index is 5.45. The summed E-state index contributed by atoms with van der Waals surface area (Å²) in [5.74, 6) is 0. The van der Waals surface area contributed by atoms with Gasteiger partial charge in [-0.05, 0) is 6.08 Å². The van der Waals surface area contributed by atoms with E-state index in [-0.39, 0.29) is 0 Å². The van der Waals surface area contributed by atoms with Crippen LogP contribution in [0.25, 0.3) is 0 Å². The molecule has 1 heterocycles. The van der Waals surface area contributed by atoms with Gasteiger partial charge in [0.2, 0.25) is 0 Å². The van der Waals surface area contributed by atoms with E-state index in [4.69, 9.17) is 10.6 Å². The van der Waals surface area contributed by atoms with Gasteiger partial charge >= 0.3 is 0 Å². The maximum atomic E-state index is 5.45. The van der Waals surface area contributed by atoms with Crippen LogP contribution in [0.15, 0.2) is 24.0 Å². The van der Waals surface area contributed by atoms with Crippen molar-refractivity contribution in [3.8, 4) is 0 Å². The molecule has 0 radical (unpaired) electrons. The Bertz CT molecular complexity index is 151. The monoisotopic (exact) mass is 126 g/mol. The highest BCUT2D eigenvalue weighted by Crippen LogP contribution is 2.00. The van der Waals surface area contributed by atoms with Crippen molar-refractivity contribution < 1.29 is 4.84 Å². The maximum Gasteiger partial charge on any atom is 0.0638 e. The van der Waals surface area contributed by atoms with Gasteiger partial charge in [0.05, 0.1) is 19.9 Å². The summed E-state index contributed by atoms with van der Waals surface area (Å²) in [5.41, 5.74) is 6.18. The first-order chi connectivity index (χ1) is 4.33. The molecule has 0 atom stereocenters. The number of allylic oxidation sites excluding steroid dienone is 1. The van der Waals surface area contributed by atoms with Gasteiger partial charge in [-0.2, -0.15) is 0 Å². The van der Waals surface area contributed by atoms with E-state index in [0.717, 1.165) is 12.2 Å². The van der Waals surface area contributed by atoms with E-state index in [1.807, 2.05) is 12.2 Å². The summed E-state index contributed by atoms with van der Waals surface area (Å²) in [6.07, 6.45) is 5.55. The molecule has 0 saturated carbocycles. The van der Waals surface area contributed by atoms with E-state index in [0.29, 0.717) is 0 Å². The molecule has 0 unspecified atom stereocenters. The standard InChI is InChI=1S/C6H10N2O/c1-9-8-4-2-3-6(7)5-8/h2-3,5H,4,7H2,1H3. The van der Waals surface area contributed by atoms with Crippen LogP contribution < -0.4 is 5.73 Å². The summed E-state index contributed by atoms with van der Waals surface area (Å²) in [4.78, 5) is 4.89. The minimum absolute atomic E-state index is 0.725. The van der Waals surface area contributed by atoms with Gasteiger partial charge in [0, 0.05) is 5.70 Å². The number of hydroxylamine groups is 2. The van der Waals surface area contributed by atoms with Crippen molar-refractivity contribution in [1.82, 2.24) is 5.06 Å². The molecule has 1 aliphatic heterocycles. The molecule has 3 nitrogen and oxygen atoms in total. The molecule has 50 valence electrons. The zero-order chi connectivity index (χ0) is 6.69. The summed E-state index contributed by atoms with van der Waals surface area (Å²) < 4.78 is 0. The molecule has 0 bridgehead atoms. The van der Waals surface area contributed by atoms with Crippen LogP contribution in [0.1, 0.15) is 0 Å². The van der Waals surface area contributed by atoms with Crippen molar-refractivity contribution in [2.45, 2.75) is 0 Å². The van der Waals surface area contributed by atoms with Crippen molar-refractivity contribution >= 4 is 0 Å². The molecular weight excluding hydrogens is 116 g/mol. The third-order valence-corrected chi connectivity index (χ3v) is 1.12. The van der Waals surface area contributed by atoms with Crippen LogP contribution in [0.3, 0.4) is 0 Å². The quantitative estimate of drug-likeness (QED) is 0.546. The Kier molecular flexibility index (Phi) is 1.75. The van der Waals surface area contributed by atoms with Gasteiger partial charge in [0.15, 0.2) is 0 Å². The Morgan fingerprint density at radius 1 is 1.78 bits per heavy atom. The lowest BCUT2D eigenvalue weighted by Crippen LogP contribution is -2.20. The van der Waals surface area contributed by atoms with Crippen LogP contribution >= 0.6 is 0 Å². The Morgan fingerprint density at radius 3 is 3.00 bits per heavy atom. The molecule has 0 spiro atoms. The smallest absolute Gasteiger partial charge is 0.0638 e. The second-order valence-electron chi connectivity index (χ2n) is 1.81. The largest absolute Gasteiger partial charge is 0.397 e. The number of hydrogen-bond acceptors (Lipinski definition) is 3. The molecule has 2 N–H and O–H groups in total. The average molecular weight is 126 g/mol. The average Bonchev–Trinajstić information content (AvgIpc) is 1.88. The topological polar surface area (TPSA) is 38.5 Å². The number of nitrogens with two attached hydrogens (primary N) is 1. The van der Waals surface area contributed by atoms with Crippen molar-refractivity contribution in [3.05, 3.63) is 24.0 Å². The van der Waals surface area contributed by atoms with Gasteiger partial charge < -0.3 is 5.73 Å². The highest BCUT2D eigenvalue weighted by molar-refractivity contribution is 5.17. The van der Waals surface area contributed by atoms with E-state index in [1.165, 1.54) is 0 Å². The summed E-state index contributed by atoms with van der Waals surface area (Å²) in [6, 6.07) is 0. The number of rotatable bonds is 1. The van der Waals surface area contributed by atoms with Crippen LogP contribution in [0.2, 0.25) is 0 Å². The summed E-state index contributed by atoms with van der Waals surface area (Å²) in [7, 11) is 1.61. The fourth-order valence-corrected chi connectivity index (χ4v) is 0.682. The fraction of sp³-hybridized carbons (Fsp3) is 0.333. The first kappa shape index (κ1) is 6.16. The van der Waals surface area contributed by atoms with Gasteiger partial charge in [0.25, 0.3) is 0 Å². The Labute approximate surface area is 54.3 Å². The second kappa shape index (κ2) is 2.55. The minimum atomic E-state index is 0.725. The Hall–Kier alpha value is -0.960. The van der Waals surface area contributed by atoms with Crippen molar-refractivity contribution in [2.75, 3.05) is 13.7 Å². The van der Waals surface area contributed by atoms with E-state index >= 15 is 0 Å². The Morgan fingerprint density at radius 2 is 2.56 bits per heavy atom. The molecule has 0 aromatic heterocycles. The molecule has 3 heteroatoms. The predicted molar refractivity (Wildman–Crippen MR) is 35.1 cm³/mol. The first-order valence-electron chi connectivity index (χ1n) is 2.77. The Balaban J connectivity index is 2.55. The van der Waals surface area contributed by atoms with Crippen molar-refractivity contribution in [2.24, 2.45) is 5.73 Å². The number of hydrogen-bond donors (Lipinski definition) is 1. The summed E-state index contributed by atoms with van der Waals surface area (Å²) >= 11 is 0. The summed E-state index contributed by atoms with van der Waals surface area (Å²) in [6.45, 7) is 0.775. The SMILES string of the molecule is CON1C=C(N)C=CC1. The molecule has 0 saturated heterocycles. The van der Waals surface area contributed by atoms with E-state index < -0.39 is 0 Å². The molecule has 0 aliphatic carbocycles. The molecule has 0 aromatic rings. The molecule has 9 heavy (non-hydrogen) atoms. The van der Waals surface area contributed by atoms with E-state index in [2.05, 4.69) is 0 Å². The molecule has 0 aromatic carbocycles. The number of nitrogens with zero attached hydrogens (tertiary/aromatic N) is 1. The molecular formula is C6H10N2O. The van der Waals surface area contributed by atoms with Gasteiger partial charge in [-0.3, -0.25) is 9.90 Å². The third-order valence-electron chi connectivity index (χ3n) is 1.12. The van der Waals surface area contributed by atoms with Crippen LogP contribution in [-0.4, -0.2) is 18.7 Å². The van der Waals surface area contributed by atoms with Crippen LogP contribution in [0, 0.1) is 0 Å². The minimum Gasteiger partial charge on any atom is -0.397 e. The summed E-state index contributed by atoms with van der Waals surface area (Å²) in [5, 5.41) is 1.66. The normalized spacial score (nSPS) is 17.9. The van der Waals surface area contributed by atoms with Crippen LogP contribution in [0.4, 0.5) is 0 Å². The lowest BCUT2D eigenvalue weighted by Gasteiger charge is -2.18. The van der Waals surface area contributed by atoms with E-state index in [1.54, 1.807) is 18.4 Å². The second-order valence-corrected chi connectivity index (χ2v) is 1.81. The molecule has 1 aliphatic rings. The van der Waals surface area contributed by atoms with Gasteiger partial charge in [-0.25, -0.2) is 0 Å². The first-order valence-corrected chi connectivity index (χ1v) is 2.77. The zero-order valence-corrected chi connectivity index (χ0v) is 5.37. The fourth-order valence-electron chi connectivity index (χ4n) is 0.682. The molecule has 0 amide bonds. The van der Waals surface area contributed by atoms with Crippen LogP contribution in [-0.2, 0) is 4.84 Å².